The van der Waals surface area contributed by atoms with Gasteiger partial charge in [-0.15, -0.1) is 0 Å². The van der Waals surface area contributed by atoms with Gasteiger partial charge in [-0.05, 0) is 19.1 Å². The molecule has 0 saturated carbocycles. The molecule has 0 spiro atoms. The molecule has 112 valence electrons. The van der Waals surface area contributed by atoms with Gasteiger partial charge in [-0.3, -0.25) is 9.78 Å². The lowest BCUT2D eigenvalue weighted by Gasteiger charge is -2.12. The zero-order valence-corrected chi connectivity index (χ0v) is 12.9. The molecule has 2 rings (SSSR count). The van der Waals surface area contributed by atoms with Crippen molar-refractivity contribution in [2.24, 2.45) is 0 Å². The maximum Gasteiger partial charge on any atom is 0.228 e. The summed E-state index contributed by atoms with van der Waals surface area (Å²) in [5, 5.41) is 2.83. The number of oxazole rings is 1. The fourth-order valence-corrected chi connectivity index (χ4v) is 1.81. The van der Waals surface area contributed by atoms with Crippen LogP contribution >= 0.6 is 0 Å². The zero-order chi connectivity index (χ0) is 15.5. The highest BCUT2D eigenvalue weighted by atomic mass is 16.4. The molecule has 21 heavy (non-hydrogen) atoms. The topological polar surface area (TPSA) is 68.0 Å². The SMILES string of the molecule is Cc1nc(C(C)(C)C)oc1CC(=O)NCc1ccccn1. The molecule has 5 nitrogen and oxygen atoms in total. The lowest BCUT2D eigenvalue weighted by molar-refractivity contribution is -0.120. The first kappa shape index (κ1) is 15.2. The Morgan fingerprint density at radius 1 is 1.33 bits per heavy atom. The van der Waals surface area contributed by atoms with Gasteiger partial charge in [0.1, 0.15) is 5.76 Å². The van der Waals surface area contributed by atoms with E-state index in [1.807, 2.05) is 45.9 Å². The highest BCUT2D eigenvalue weighted by Gasteiger charge is 2.23. The maximum absolute atomic E-state index is 12.0. The minimum atomic E-state index is -0.159. The molecule has 0 unspecified atom stereocenters. The molecule has 0 radical (unpaired) electrons. The number of amides is 1. The van der Waals surface area contributed by atoms with E-state index in [-0.39, 0.29) is 17.7 Å². The number of carbonyl (C=O) groups excluding carboxylic acids is 1. The van der Waals surface area contributed by atoms with Gasteiger partial charge in [0.15, 0.2) is 5.89 Å². The fourth-order valence-electron chi connectivity index (χ4n) is 1.81. The number of aryl methyl sites for hydroxylation is 1. The largest absolute Gasteiger partial charge is 0.444 e. The van der Waals surface area contributed by atoms with E-state index in [0.717, 1.165) is 11.4 Å². The molecule has 0 bridgehead atoms. The molecule has 0 aliphatic carbocycles. The monoisotopic (exact) mass is 287 g/mol. The van der Waals surface area contributed by atoms with Crippen molar-refractivity contribution in [1.82, 2.24) is 15.3 Å². The summed E-state index contributed by atoms with van der Waals surface area (Å²) in [4.78, 5) is 20.5. The summed E-state index contributed by atoms with van der Waals surface area (Å²) in [5.74, 6) is 1.19. The van der Waals surface area contributed by atoms with Crippen molar-refractivity contribution < 1.29 is 9.21 Å². The van der Waals surface area contributed by atoms with E-state index in [0.29, 0.717) is 18.2 Å². The molecule has 1 amide bonds. The molecule has 0 fully saturated rings. The number of carbonyl (C=O) groups is 1. The molecular weight excluding hydrogens is 266 g/mol. The van der Waals surface area contributed by atoms with Gasteiger partial charge in [-0.2, -0.15) is 0 Å². The van der Waals surface area contributed by atoms with Gasteiger partial charge in [0, 0.05) is 11.6 Å². The first-order valence-electron chi connectivity index (χ1n) is 6.99. The van der Waals surface area contributed by atoms with Crippen molar-refractivity contribution in [2.45, 2.75) is 46.1 Å². The van der Waals surface area contributed by atoms with E-state index in [2.05, 4.69) is 15.3 Å². The van der Waals surface area contributed by atoms with E-state index in [1.165, 1.54) is 0 Å². The Morgan fingerprint density at radius 2 is 2.10 bits per heavy atom. The van der Waals surface area contributed by atoms with Crippen LogP contribution in [0.5, 0.6) is 0 Å². The minimum absolute atomic E-state index is 0.0969. The lowest BCUT2D eigenvalue weighted by Crippen LogP contribution is -2.25. The minimum Gasteiger partial charge on any atom is -0.444 e. The van der Waals surface area contributed by atoms with E-state index < -0.39 is 0 Å². The predicted molar refractivity (Wildman–Crippen MR) is 79.7 cm³/mol. The summed E-state index contributed by atoms with van der Waals surface area (Å²) < 4.78 is 5.71. The van der Waals surface area contributed by atoms with Gasteiger partial charge in [-0.1, -0.05) is 26.8 Å². The van der Waals surface area contributed by atoms with Crippen LogP contribution in [0.1, 0.15) is 43.8 Å². The number of rotatable bonds is 4. The highest BCUT2D eigenvalue weighted by molar-refractivity contribution is 5.78. The summed E-state index contributed by atoms with van der Waals surface area (Å²) in [6.07, 6.45) is 1.90. The summed E-state index contributed by atoms with van der Waals surface area (Å²) >= 11 is 0. The predicted octanol–water partition coefficient (Wildman–Crippen LogP) is 2.53. The van der Waals surface area contributed by atoms with Crippen molar-refractivity contribution in [1.29, 1.82) is 0 Å². The normalized spacial score (nSPS) is 11.4. The van der Waals surface area contributed by atoms with E-state index in [1.54, 1.807) is 6.20 Å². The van der Waals surface area contributed by atoms with Gasteiger partial charge in [0.25, 0.3) is 0 Å². The molecule has 2 heterocycles. The van der Waals surface area contributed by atoms with Crippen LogP contribution in [0.2, 0.25) is 0 Å². The Balaban J connectivity index is 1.95. The number of nitrogens with zero attached hydrogens (tertiary/aromatic N) is 2. The third kappa shape index (κ3) is 4.15. The number of pyridine rings is 1. The van der Waals surface area contributed by atoms with Crippen LogP contribution in [-0.2, 0) is 23.2 Å². The van der Waals surface area contributed by atoms with Gasteiger partial charge in [0.2, 0.25) is 5.91 Å². The van der Waals surface area contributed by atoms with Gasteiger partial charge in [0.05, 0.1) is 24.4 Å². The van der Waals surface area contributed by atoms with Crippen molar-refractivity contribution in [2.75, 3.05) is 0 Å². The van der Waals surface area contributed by atoms with Crippen LogP contribution < -0.4 is 5.32 Å². The number of hydrogen-bond donors (Lipinski definition) is 1. The molecule has 1 N–H and O–H groups in total. The van der Waals surface area contributed by atoms with Gasteiger partial charge in [-0.25, -0.2) is 4.98 Å². The molecule has 0 aromatic carbocycles. The van der Waals surface area contributed by atoms with E-state index >= 15 is 0 Å². The molecule has 2 aromatic heterocycles. The first-order valence-corrected chi connectivity index (χ1v) is 6.99. The van der Waals surface area contributed by atoms with E-state index in [4.69, 9.17) is 4.42 Å². The van der Waals surface area contributed by atoms with Crippen LogP contribution in [-0.4, -0.2) is 15.9 Å². The van der Waals surface area contributed by atoms with Crippen molar-refractivity contribution in [3.8, 4) is 0 Å². The summed E-state index contributed by atoms with van der Waals surface area (Å²) in [5.41, 5.74) is 1.44. The average molecular weight is 287 g/mol. The Kier molecular flexibility index (Phi) is 4.40. The number of nitrogens with one attached hydrogen (secondary N) is 1. The molecule has 2 aromatic rings. The fraction of sp³-hybridized carbons (Fsp3) is 0.438. The summed E-state index contributed by atoms with van der Waals surface area (Å²) in [7, 11) is 0. The smallest absolute Gasteiger partial charge is 0.228 e. The number of hydrogen-bond acceptors (Lipinski definition) is 4. The lowest BCUT2D eigenvalue weighted by atomic mass is 9.97. The zero-order valence-electron chi connectivity index (χ0n) is 12.9. The average Bonchev–Trinajstić information content (AvgIpc) is 2.79. The molecular formula is C16H21N3O2. The van der Waals surface area contributed by atoms with Crippen LogP contribution in [0.15, 0.2) is 28.8 Å². The quantitative estimate of drug-likeness (QED) is 0.938. The highest BCUT2D eigenvalue weighted by Crippen LogP contribution is 2.23. The van der Waals surface area contributed by atoms with Crippen LogP contribution in [0, 0.1) is 6.92 Å². The van der Waals surface area contributed by atoms with Gasteiger partial charge >= 0.3 is 0 Å². The molecule has 0 aliphatic heterocycles. The summed E-state index contributed by atoms with van der Waals surface area (Å²) in [6, 6.07) is 5.61. The Bertz CT molecular complexity index is 612. The van der Waals surface area contributed by atoms with Crippen molar-refractivity contribution in [3.05, 3.63) is 47.4 Å². The maximum atomic E-state index is 12.0. The second-order valence-corrected chi connectivity index (χ2v) is 6.05. The Labute approximate surface area is 124 Å². The van der Waals surface area contributed by atoms with Gasteiger partial charge < -0.3 is 9.73 Å². The van der Waals surface area contributed by atoms with Crippen LogP contribution in [0.3, 0.4) is 0 Å². The Morgan fingerprint density at radius 3 is 2.67 bits per heavy atom. The number of aromatic nitrogens is 2. The summed E-state index contributed by atoms with van der Waals surface area (Å²) in [6.45, 7) is 8.37. The third-order valence-corrected chi connectivity index (χ3v) is 3.05. The third-order valence-electron chi connectivity index (χ3n) is 3.05. The molecule has 0 atom stereocenters. The molecule has 0 aliphatic rings. The Hall–Kier alpha value is -2.17. The van der Waals surface area contributed by atoms with Crippen LogP contribution in [0.25, 0.3) is 0 Å². The second-order valence-electron chi connectivity index (χ2n) is 6.05. The standard InChI is InChI=1S/C16H21N3O2/c1-11-13(21-15(19-11)16(2,3)4)9-14(20)18-10-12-7-5-6-8-17-12/h5-8H,9-10H2,1-4H3,(H,18,20). The van der Waals surface area contributed by atoms with Crippen molar-refractivity contribution in [3.63, 3.8) is 0 Å². The molecule has 0 saturated heterocycles. The second kappa shape index (κ2) is 6.08. The molecule has 5 heteroatoms. The van der Waals surface area contributed by atoms with Crippen LogP contribution in [0.4, 0.5) is 0 Å². The first-order chi connectivity index (χ1) is 9.86. The van der Waals surface area contributed by atoms with E-state index in [9.17, 15) is 4.79 Å². The van der Waals surface area contributed by atoms with Crippen molar-refractivity contribution >= 4 is 5.91 Å².